The van der Waals surface area contributed by atoms with Crippen LogP contribution < -0.4 is 10.6 Å². The predicted molar refractivity (Wildman–Crippen MR) is 46.8 cm³/mol. The van der Waals surface area contributed by atoms with Gasteiger partial charge < -0.3 is 10.6 Å². The molecule has 0 radical (unpaired) electrons. The largest absolute Gasteiger partial charge is 0.399 e. The van der Waals surface area contributed by atoms with Gasteiger partial charge in [0.1, 0.15) is 0 Å². The summed E-state index contributed by atoms with van der Waals surface area (Å²) in [5, 5.41) is 8.23. The van der Waals surface area contributed by atoms with Crippen LogP contribution >= 0.6 is 22.6 Å². The van der Waals surface area contributed by atoms with E-state index in [4.69, 9.17) is 11.0 Å². The predicted octanol–water partition coefficient (Wildman–Crippen LogP) is 1.73. The van der Waals surface area contributed by atoms with Gasteiger partial charge in [-0.25, -0.2) is 5.26 Å². The smallest absolute Gasteiger partial charge is 0.168 e. The quantitative estimate of drug-likeness (QED) is 0.346. The van der Waals surface area contributed by atoms with Gasteiger partial charge in [0.2, 0.25) is 0 Å². The summed E-state index contributed by atoms with van der Waals surface area (Å²) in [6.07, 6.45) is 0. The molecule has 10 heavy (non-hydrogen) atoms. The highest BCUT2D eigenvalue weighted by molar-refractivity contribution is 14.1. The van der Waals surface area contributed by atoms with Crippen molar-refractivity contribution in [1.82, 2.24) is 0 Å². The fourth-order valence-corrected chi connectivity index (χ4v) is 1.30. The average molecular weight is 251 g/mol. The summed E-state index contributed by atoms with van der Waals surface area (Å²) in [5.74, 6) is 0.365. The number of hydrogen-bond donors (Lipinski definition) is 2. The third-order valence-electron chi connectivity index (χ3n) is 0.999. The highest BCUT2D eigenvalue weighted by atomic mass is 127. The van der Waals surface area contributed by atoms with E-state index >= 15 is 0 Å². The van der Waals surface area contributed by atoms with E-state index in [0.29, 0.717) is 11.4 Å². The van der Waals surface area contributed by atoms with E-state index in [-0.39, 0.29) is 0 Å². The lowest BCUT2D eigenvalue weighted by Crippen LogP contribution is -1.89. The summed E-state index contributed by atoms with van der Waals surface area (Å²) in [6.45, 7) is 0. The van der Waals surface area contributed by atoms with Crippen molar-refractivity contribution in [1.29, 1.82) is 0 Å². The lowest BCUT2D eigenvalue weighted by molar-refractivity contribution is -0.137. The Bertz CT molecular complexity index is 219. The number of rotatable bonds is 1. The van der Waals surface area contributed by atoms with E-state index in [1.807, 2.05) is 0 Å². The van der Waals surface area contributed by atoms with Crippen LogP contribution in [-0.2, 0) is 0 Å². The number of halogens is 1. The van der Waals surface area contributed by atoms with Gasteiger partial charge in [-0.1, -0.05) is 0 Å². The summed E-state index contributed by atoms with van der Waals surface area (Å²) < 4.78 is 0.932. The molecule has 0 aliphatic rings. The third kappa shape index (κ3) is 1.74. The van der Waals surface area contributed by atoms with E-state index in [0.717, 1.165) is 3.57 Å². The third-order valence-corrected chi connectivity index (χ3v) is 1.62. The number of anilines is 1. The molecule has 0 saturated carbocycles. The summed E-state index contributed by atoms with van der Waals surface area (Å²) >= 11 is 2.08. The Morgan fingerprint density at radius 3 is 2.60 bits per heavy atom. The lowest BCUT2D eigenvalue weighted by Gasteiger charge is -1.98. The molecular weight excluding hydrogens is 245 g/mol. The van der Waals surface area contributed by atoms with E-state index in [9.17, 15) is 0 Å². The van der Waals surface area contributed by atoms with Gasteiger partial charge >= 0.3 is 0 Å². The molecule has 54 valence electrons. The Morgan fingerprint density at radius 1 is 1.40 bits per heavy atom. The Morgan fingerprint density at radius 2 is 2.10 bits per heavy atom. The minimum atomic E-state index is 0.365. The zero-order valence-electron chi connectivity index (χ0n) is 5.04. The molecule has 1 aromatic carbocycles. The fourth-order valence-electron chi connectivity index (χ4n) is 0.637. The molecule has 1 rings (SSSR count). The number of benzene rings is 1. The molecule has 3 N–H and O–H groups in total. The molecule has 0 unspecified atom stereocenters. The van der Waals surface area contributed by atoms with Crippen LogP contribution in [0.2, 0.25) is 0 Å². The number of hydrogen-bond acceptors (Lipinski definition) is 3. The molecular formula is C6H6INO2. The second kappa shape index (κ2) is 3.07. The first-order valence-corrected chi connectivity index (χ1v) is 3.68. The SMILES string of the molecule is Nc1cc(I)cc(OO)c1. The molecule has 0 aliphatic heterocycles. The van der Waals surface area contributed by atoms with Crippen molar-refractivity contribution in [2.24, 2.45) is 0 Å². The molecule has 0 heterocycles. The van der Waals surface area contributed by atoms with Crippen molar-refractivity contribution < 1.29 is 10.1 Å². The fraction of sp³-hybridized carbons (Fsp3) is 0. The summed E-state index contributed by atoms with van der Waals surface area (Å²) in [7, 11) is 0. The van der Waals surface area contributed by atoms with Gasteiger partial charge in [0.25, 0.3) is 0 Å². The second-order valence-corrected chi connectivity index (χ2v) is 3.06. The zero-order valence-corrected chi connectivity index (χ0v) is 7.20. The van der Waals surface area contributed by atoms with Gasteiger partial charge in [0.05, 0.1) is 0 Å². The number of nitrogen functional groups attached to an aromatic ring is 1. The van der Waals surface area contributed by atoms with Crippen molar-refractivity contribution >= 4 is 28.3 Å². The Hall–Kier alpha value is -0.490. The molecule has 4 heteroatoms. The topological polar surface area (TPSA) is 55.5 Å². The first kappa shape index (κ1) is 7.62. The van der Waals surface area contributed by atoms with Gasteiger partial charge in [-0.05, 0) is 34.7 Å². The average Bonchev–Trinajstić information content (AvgIpc) is 1.85. The van der Waals surface area contributed by atoms with Crippen LogP contribution in [0, 0.1) is 3.57 Å². The summed E-state index contributed by atoms with van der Waals surface area (Å²) in [5.41, 5.74) is 6.02. The molecule has 0 saturated heterocycles. The van der Waals surface area contributed by atoms with Crippen LogP contribution in [0.25, 0.3) is 0 Å². The minimum absolute atomic E-state index is 0.365. The van der Waals surface area contributed by atoms with Crippen molar-refractivity contribution in [3.8, 4) is 5.75 Å². The van der Waals surface area contributed by atoms with Gasteiger partial charge in [0, 0.05) is 15.3 Å². The maximum atomic E-state index is 8.23. The van der Waals surface area contributed by atoms with Crippen LogP contribution in [-0.4, -0.2) is 5.26 Å². The van der Waals surface area contributed by atoms with Crippen LogP contribution in [0.4, 0.5) is 5.69 Å². The highest BCUT2D eigenvalue weighted by Gasteiger charge is 1.95. The molecule has 0 aromatic heterocycles. The zero-order chi connectivity index (χ0) is 7.56. The van der Waals surface area contributed by atoms with Crippen molar-refractivity contribution in [3.63, 3.8) is 0 Å². The van der Waals surface area contributed by atoms with Gasteiger partial charge in [0.15, 0.2) is 5.75 Å². The van der Waals surface area contributed by atoms with E-state index in [1.165, 1.54) is 0 Å². The van der Waals surface area contributed by atoms with Gasteiger partial charge in [-0.15, -0.1) is 0 Å². The first-order valence-electron chi connectivity index (χ1n) is 2.60. The first-order chi connectivity index (χ1) is 4.72. The molecule has 0 atom stereocenters. The van der Waals surface area contributed by atoms with Crippen molar-refractivity contribution in [2.45, 2.75) is 0 Å². The Kier molecular flexibility index (Phi) is 2.34. The van der Waals surface area contributed by atoms with Crippen molar-refractivity contribution in [2.75, 3.05) is 5.73 Å². The molecule has 0 spiro atoms. The molecule has 0 amide bonds. The van der Waals surface area contributed by atoms with Crippen LogP contribution in [0.5, 0.6) is 5.75 Å². The molecule has 0 fully saturated rings. The minimum Gasteiger partial charge on any atom is -0.399 e. The standard InChI is InChI=1S/C6H6INO2/c7-4-1-5(8)3-6(2-4)10-9/h1-3,9H,8H2. The molecule has 0 aliphatic carbocycles. The van der Waals surface area contributed by atoms with Gasteiger partial charge in [-0.2, -0.15) is 0 Å². The normalized spacial score (nSPS) is 9.40. The highest BCUT2D eigenvalue weighted by Crippen LogP contribution is 2.19. The van der Waals surface area contributed by atoms with Crippen LogP contribution in [0.3, 0.4) is 0 Å². The second-order valence-electron chi connectivity index (χ2n) is 1.81. The molecule has 0 bridgehead atoms. The van der Waals surface area contributed by atoms with Crippen LogP contribution in [0.1, 0.15) is 0 Å². The maximum Gasteiger partial charge on any atom is 0.168 e. The monoisotopic (exact) mass is 251 g/mol. The van der Waals surface area contributed by atoms with Gasteiger partial charge in [-0.3, -0.25) is 0 Å². The summed E-state index contributed by atoms with van der Waals surface area (Å²) in [6, 6.07) is 5.00. The van der Waals surface area contributed by atoms with Crippen LogP contribution in [0.15, 0.2) is 18.2 Å². The van der Waals surface area contributed by atoms with E-state index in [1.54, 1.807) is 18.2 Å². The lowest BCUT2D eigenvalue weighted by atomic mass is 10.3. The molecule has 1 aromatic rings. The van der Waals surface area contributed by atoms with Crippen molar-refractivity contribution in [3.05, 3.63) is 21.8 Å². The maximum absolute atomic E-state index is 8.23. The van der Waals surface area contributed by atoms with E-state index < -0.39 is 0 Å². The molecule has 3 nitrogen and oxygen atoms in total. The Balaban J connectivity index is 3.06. The van der Waals surface area contributed by atoms with E-state index in [2.05, 4.69) is 27.5 Å². The Labute approximate surface area is 71.9 Å². The number of nitrogens with two attached hydrogens (primary N) is 1. The summed E-state index contributed by atoms with van der Waals surface area (Å²) in [4.78, 5) is 3.99.